The first-order chi connectivity index (χ1) is 30.6. The van der Waals surface area contributed by atoms with Crippen LogP contribution >= 0.6 is 0 Å². The van der Waals surface area contributed by atoms with E-state index in [4.69, 9.17) is 29.3 Å². The summed E-state index contributed by atoms with van der Waals surface area (Å²) in [4.78, 5) is 25.7. The van der Waals surface area contributed by atoms with Gasteiger partial charge in [0.1, 0.15) is 11.3 Å². The first-order valence-electron chi connectivity index (χ1n) is 20.7. The molecule has 0 aliphatic carbocycles. The van der Waals surface area contributed by atoms with Gasteiger partial charge in [0.05, 0.1) is 27.8 Å². The second-order valence-electron chi connectivity index (χ2n) is 15.3. The molecule has 7 heteroatoms. The Morgan fingerprint density at radius 1 is 0.468 bits per heavy atom. The standard InChI is InChI=1S/C55H38N6O/c1-3-19-48-35(2)43-33-44(46-34-45(36-20-8-4-9-21-36)56-52(57-46)37-22-10-5-11-23-37)50-49(51(43)62-48)42-30-16-17-31-47(42)61(50)41-29-18-28-40(32-41)55-59-53(38-24-12-6-13-25-38)58-54(60-55)39-26-14-7-15-27-39/h3-34H,1-2H3/b19-3-. The number of furan rings is 1. The van der Waals surface area contributed by atoms with Crippen LogP contribution in [0, 0.1) is 6.92 Å². The van der Waals surface area contributed by atoms with Crippen LogP contribution in [0.4, 0.5) is 0 Å². The van der Waals surface area contributed by atoms with Crippen LogP contribution in [0.1, 0.15) is 18.2 Å². The van der Waals surface area contributed by atoms with Gasteiger partial charge in [0, 0.05) is 55.4 Å². The minimum absolute atomic E-state index is 0.580. The van der Waals surface area contributed by atoms with E-state index in [0.29, 0.717) is 23.3 Å². The molecule has 0 amide bonds. The SMILES string of the molecule is C/C=C\c1oc2c(cc(-c3cc(-c4ccccc4)nc(-c4ccccc4)n3)c3c2c2ccccc2n3-c2cccc(-c3nc(-c4ccccc4)nc(-c4ccccc4)n3)c2)c1C. The molecule has 0 aliphatic rings. The van der Waals surface area contributed by atoms with Crippen LogP contribution < -0.4 is 0 Å². The fourth-order valence-corrected chi connectivity index (χ4v) is 8.40. The van der Waals surface area contributed by atoms with Gasteiger partial charge in [-0.1, -0.05) is 158 Å². The number of fused-ring (bicyclic) bond motifs is 5. The van der Waals surface area contributed by atoms with Gasteiger partial charge in [-0.15, -0.1) is 0 Å². The Hall–Kier alpha value is -8.29. The highest BCUT2D eigenvalue weighted by Crippen LogP contribution is 2.45. The topological polar surface area (TPSA) is 82.5 Å². The smallest absolute Gasteiger partial charge is 0.164 e. The highest BCUT2D eigenvalue weighted by molar-refractivity contribution is 6.24. The highest BCUT2D eigenvalue weighted by atomic mass is 16.3. The number of aryl methyl sites for hydroxylation is 1. The molecular formula is C55H38N6O. The average Bonchev–Trinajstić information content (AvgIpc) is 3.86. The molecule has 7 nitrogen and oxygen atoms in total. The summed E-state index contributed by atoms with van der Waals surface area (Å²) in [5.74, 6) is 3.28. The molecule has 7 aromatic carbocycles. The number of aromatic nitrogens is 6. The molecule has 0 bridgehead atoms. The zero-order chi connectivity index (χ0) is 41.6. The normalized spacial score (nSPS) is 11.6. The summed E-state index contributed by atoms with van der Waals surface area (Å²) in [7, 11) is 0. The molecule has 11 aromatic rings. The van der Waals surface area contributed by atoms with Crippen LogP contribution in [-0.2, 0) is 0 Å². The zero-order valence-electron chi connectivity index (χ0n) is 34.1. The van der Waals surface area contributed by atoms with Crippen molar-refractivity contribution >= 4 is 38.9 Å². The second kappa shape index (κ2) is 15.4. The summed E-state index contributed by atoms with van der Waals surface area (Å²) in [6.07, 6.45) is 4.06. The molecule has 294 valence electrons. The number of benzene rings is 7. The number of hydrogen-bond acceptors (Lipinski definition) is 6. The maximum Gasteiger partial charge on any atom is 0.164 e. The van der Waals surface area contributed by atoms with E-state index in [1.54, 1.807) is 0 Å². The van der Waals surface area contributed by atoms with Crippen LogP contribution in [0.5, 0.6) is 0 Å². The van der Waals surface area contributed by atoms with Gasteiger partial charge in [-0.3, -0.25) is 0 Å². The first-order valence-corrected chi connectivity index (χ1v) is 20.7. The summed E-state index contributed by atoms with van der Waals surface area (Å²) in [5, 5.41) is 3.11. The van der Waals surface area contributed by atoms with Crippen molar-refractivity contribution in [3.8, 4) is 73.8 Å². The van der Waals surface area contributed by atoms with Gasteiger partial charge in [-0.25, -0.2) is 24.9 Å². The summed E-state index contributed by atoms with van der Waals surface area (Å²) >= 11 is 0. The van der Waals surface area contributed by atoms with E-state index in [2.05, 4.69) is 96.4 Å². The lowest BCUT2D eigenvalue weighted by molar-refractivity contribution is 0.604. The molecule has 0 spiro atoms. The fraction of sp³-hybridized carbons (Fsp3) is 0.0364. The van der Waals surface area contributed by atoms with Crippen molar-refractivity contribution in [1.82, 2.24) is 29.5 Å². The second-order valence-corrected chi connectivity index (χ2v) is 15.3. The molecule has 4 heterocycles. The first kappa shape index (κ1) is 36.8. The molecule has 0 fully saturated rings. The molecule has 0 radical (unpaired) electrons. The Morgan fingerprint density at radius 3 is 1.60 bits per heavy atom. The van der Waals surface area contributed by atoms with Crippen molar-refractivity contribution in [1.29, 1.82) is 0 Å². The number of hydrogen-bond donors (Lipinski definition) is 0. The van der Waals surface area contributed by atoms with E-state index in [-0.39, 0.29) is 0 Å². The Kier molecular flexibility index (Phi) is 9.12. The van der Waals surface area contributed by atoms with Crippen LogP contribution in [0.25, 0.3) is 113 Å². The number of rotatable bonds is 8. The minimum Gasteiger partial charge on any atom is -0.456 e. The van der Waals surface area contributed by atoms with Crippen molar-refractivity contribution in [2.24, 2.45) is 0 Å². The van der Waals surface area contributed by atoms with Gasteiger partial charge in [-0.2, -0.15) is 0 Å². The minimum atomic E-state index is 0.580. The van der Waals surface area contributed by atoms with Gasteiger partial charge in [0.25, 0.3) is 0 Å². The van der Waals surface area contributed by atoms with Gasteiger partial charge in [0.2, 0.25) is 0 Å². The maximum absolute atomic E-state index is 6.83. The number of allylic oxidation sites excluding steroid dienone is 1. The summed E-state index contributed by atoms with van der Waals surface area (Å²) in [5.41, 5.74) is 12.1. The number of para-hydroxylation sites is 1. The van der Waals surface area contributed by atoms with Gasteiger partial charge in [-0.05, 0) is 50.3 Å². The van der Waals surface area contributed by atoms with Crippen molar-refractivity contribution < 1.29 is 4.42 Å². The van der Waals surface area contributed by atoms with Crippen molar-refractivity contribution in [2.45, 2.75) is 13.8 Å². The molecule has 0 saturated carbocycles. The van der Waals surface area contributed by atoms with Crippen LogP contribution in [0.2, 0.25) is 0 Å². The Labute approximate surface area is 358 Å². The number of nitrogens with zero attached hydrogens (tertiary/aromatic N) is 6. The molecule has 0 N–H and O–H groups in total. The Balaban J connectivity index is 1.21. The van der Waals surface area contributed by atoms with Gasteiger partial charge in [0.15, 0.2) is 23.3 Å². The molecule has 11 rings (SSSR count). The molecular weight excluding hydrogens is 761 g/mol. The maximum atomic E-state index is 6.83. The summed E-state index contributed by atoms with van der Waals surface area (Å²) < 4.78 is 9.16. The van der Waals surface area contributed by atoms with E-state index in [0.717, 1.165) is 94.6 Å². The summed E-state index contributed by atoms with van der Waals surface area (Å²) in [6, 6.07) is 62.0. The Bertz CT molecular complexity index is 3350. The van der Waals surface area contributed by atoms with E-state index in [1.807, 2.05) is 116 Å². The van der Waals surface area contributed by atoms with E-state index in [1.165, 1.54) is 0 Å². The van der Waals surface area contributed by atoms with Crippen LogP contribution in [-0.4, -0.2) is 29.5 Å². The lowest BCUT2D eigenvalue weighted by atomic mass is 9.99. The average molecular weight is 799 g/mol. The van der Waals surface area contributed by atoms with Crippen molar-refractivity contribution in [3.63, 3.8) is 0 Å². The third-order valence-corrected chi connectivity index (χ3v) is 11.4. The molecule has 0 unspecified atom stereocenters. The third-order valence-electron chi connectivity index (χ3n) is 11.4. The molecule has 0 aliphatic heterocycles. The zero-order valence-corrected chi connectivity index (χ0v) is 34.1. The Morgan fingerprint density at radius 2 is 0.984 bits per heavy atom. The predicted octanol–water partition coefficient (Wildman–Crippen LogP) is 13.8. The predicted molar refractivity (Wildman–Crippen MR) is 252 cm³/mol. The van der Waals surface area contributed by atoms with E-state index in [9.17, 15) is 0 Å². The lowest BCUT2D eigenvalue weighted by Gasteiger charge is -2.15. The molecule has 62 heavy (non-hydrogen) atoms. The van der Waals surface area contributed by atoms with Crippen LogP contribution in [0.15, 0.2) is 192 Å². The fourth-order valence-electron chi connectivity index (χ4n) is 8.40. The van der Waals surface area contributed by atoms with Gasteiger partial charge >= 0.3 is 0 Å². The largest absolute Gasteiger partial charge is 0.456 e. The lowest BCUT2D eigenvalue weighted by Crippen LogP contribution is -2.01. The highest BCUT2D eigenvalue weighted by Gasteiger charge is 2.25. The monoisotopic (exact) mass is 798 g/mol. The van der Waals surface area contributed by atoms with Crippen LogP contribution in [0.3, 0.4) is 0 Å². The summed E-state index contributed by atoms with van der Waals surface area (Å²) in [6.45, 7) is 4.15. The quantitative estimate of drug-likeness (QED) is 0.152. The third kappa shape index (κ3) is 6.44. The van der Waals surface area contributed by atoms with Crippen molar-refractivity contribution in [2.75, 3.05) is 0 Å². The van der Waals surface area contributed by atoms with E-state index < -0.39 is 0 Å². The van der Waals surface area contributed by atoms with Gasteiger partial charge < -0.3 is 8.98 Å². The molecule has 4 aromatic heterocycles. The molecule has 0 saturated heterocycles. The van der Waals surface area contributed by atoms with Crippen molar-refractivity contribution in [3.05, 3.63) is 199 Å². The van der Waals surface area contributed by atoms with E-state index >= 15 is 0 Å². The molecule has 0 atom stereocenters.